The molecule has 0 amide bonds. The fraction of sp³-hybridized carbons (Fsp3) is 0.481. The van der Waals surface area contributed by atoms with Gasteiger partial charge in [-0.1, -0.05) is 6.07 Å². The lowest BCUT2D eigenvalue weighted by molar-refractivity contribution is 0.119. The van der Waals surface area contributed by atoms with Crippen molar-refractivity contribution in [1.29, 1.82) is 0 Å². The van der Waals surface area contributed by atoms with E-state index in [1.165, 1.54) is 24.8 Å². The van der Waals surface area contributed by atoms with Gasteiger partial charge in [0.25, 0.3) is 5.56 Å². The molecule has 3 aromatic heterocycles. The van der Waals surface area contributed by atoms with Crippen molar-refractivity contribution >= 4 is 27.8 Å². The number of aryl methyl sites for hydroxylation is 1. The summed E-state index contributed by atoms with van der Waals surface area (Å²) in [5.74, 6) is 0. The number of benzene rings is 1. The number of anilines is 1. The maximum atomic E-state index is 12.9. The molecule has 0 spiro atoms. The highest BCUT2D eigenvalue weighted by Gasteiger charge is 2.34. The number of piperazine rings is 1. The van der Waals surface area contributed by atoms with E-state index in [2.05, 4.69) is 69.6 Å². The first-order chi connectivity index (χ1) is 16.9. The third-order valence-electron chi connectivity index (χ3n) is 8.17. The zero-order valence-electron chi connectivity index (χ0n) is 20.9. The van der Waals surface area contributed by atoms with Gasteiger partial charge in [0.05, 0.1) is 28.3 Å². The third kappa shape index (κ3) is 3.71. The predicted octanol–water partition coefficient (Wildman–Crippen LogP) is 4.06. The molecule has 1 saturated heterocycles. The molecule has 2 fully saturated rings. The fourth-order valence-electron chi connectivity index (χ4n) is 5.73. The fourth-order valence-corrected chi connectivity index (χ4v) is 5.73. The van der Waals surface area contributed by atoms with Crippen LogP contribution < -0.4 is 10.5 Å². The smallest absolute Gasteiger partial charge is 0.252 e. The molecule has 8 nitrogen and oxygen atoms in total. The minimum atomic E-state index is 0.0218. The van der Waals surface area contributed by atoms with Crippen molar-refractivity contribution in [2.45, 2.75) is 64.2 Å². The molecular weight excluding hydrogens is 438 g/mol. The van der Waals surface area contributed by atoms with E-state index < -0.39 is 0 Å². The highest BCUT2D eigenvalue weighted by molar-refractivity contribution is 5.88. The summed E-state index contributed by atoms with van der Waals surface area (Å²) in [7, 11) is 1.85. The van der Waals surface area contributed by atoms with Crippen LogP contribution in [0, 0.1) is 0 Å². The average Bonchev–Trinajstić information content (AvgIpc) is 3.25. The highest BCUT2D eigenvalue weighted by Crippen LogP contribution is 2.35. The lowest BCUT2D eigenvalue weighted by Gasteiger charge is -2.47. The quantitative estimate of drug-likeness (QED) is 0.447. The van der Waals surface area contributed by atoms with Crippen LogP contribution in [0.5, 0.6) is 0 Å². The Labute approximate surface area is 205 Å². The average molecular weight is 472 g/mol. The van der Waals surface area contributed by atoms with Crippen LogP contribution >= 0.6 is 0 Å². The lowest BCUT2D eigenvalue weighted by atomic mass is 9.93. The number of rotatable bonds is 4. The SMILES string of the molecule is CC(c1ccc2nccnc2c1)N1C[C@H](C)N(c2cc(=O)n(C)c3cn(C4CCC4)nc23)C[C@H]1C. The Morgan fingerprint density at radius 3 is 2.51 bits per heavy atom. The normalized spacial score (nSPS) is 22.6. The van der Waals surface area contributed by atoms with E-state index in [9.17, 15) is 4.79 Å². The minimum Gasteiger partial charge on any atom is -0.364 e. The van der Waals surface area contributed by atoms with Gasteiger partial charge in [0.1, 0.15) is 5.52 Å². The first kappa shape index (κ1) is 22.2. The summed E-state index contributed by atoms with van der Waals surface area (Å²) in [5.41, 5.74) is 5.95. The van der Waals surface area contributed by atoms with E-state index in [1.54, 1.807) is 23.0 Å². The van der Waals surface area contributed by atoms with Crippen LogP contribution in [0.15, 0.2) is 47.7 Å². The first-order valence-electron chi connectivity index (χ1n) is 12.7. The monoisotopic (exact) mass is 471 g/mol. The van der Waals surface area contributed by atoms with Gasteiger partial charge in [0.15, 0.2) is 0 Å². The van der Waals surface area contributed by atoms with E-state index in [-0.39, 0.29) is 17.6 Å². The van der Waals surface area contributed by atoms with Gasteiger partial charge in [0, 0.05) is 62.9 Å². The molecule has 1 aromatic carbocycles. The summed E-state index contributed by atoms with van der Waals surface area (Å²) >= 11 is 0. The highest BCUT2D eigenvalue weighted by atomic mass is 16.1. The van der Waals surface area contributed by atoms with E-state index >= 15 is 0 Å². The molecule has 4 aromatic rings. The Morgan fingerprint density at radius 1 is 1.00 bits per heavy atom. The number of fused-ring (bicyclic) bond motifs is 2. The lowest BCUT2D eigenvalue weighted by Crippen LogP contribution is -2.57. The maximum absolute atomic E-state index is 12.9. The van der Waals surface area contributed by atoms with Crippen molar-refractivity contribution in [2.75, 3.05) is 18.0 Å². The molecule has 182 valence electrons. The summed E-state index contributed by atoms with van der Waals surface area (Å²) in [5, 5.41) is 4.99. The summed E-state index contributed by atoms with van der Waals surface area (Å²) in [6.45, 7) is 8.55. The zero-order chi connectivity index (χ0) is 24.3. The van der Waals surface area contributed by atoms with Crippen molar-refractivity contribution in [3.05, 3.63) is 58.8 Å². The van der Waals surface area contributed by atoms with Crippen molar-refractivity contribution in [1.82, 2.24) is 29.2 Å². The van der Waals surface area contributed by atoms with Crippen LogP contribution in [0.1, 0.15) is 57.7 Å². The molecule has 1 aliphatic carbocycles. The molecule has 8 heteroatoms. The second-order valence-electron chi connectivity index (χ2n) is 10.4. The molecule has 1 saturated carbocycles. The molecule has 3 atom stereocenters. The molecule has 1 aliphatic heterocycles. The van der Waals surface area contributed by atoms with Gasteiger partial charge >= 0.3 is 0 Å². The number of hydrogen-bond donors (Lipinski definition) is 0. The van der Waals surface area contributed by atoms with Gasteiger partial charge in [-0.25, -0.2) is 0 Å². The van der Waals surface area contributed by atoms with Gasteiger partial charge in [-0.05, 0) is 57.7 Å². The Morgan fingerprint density at radius 2 is 1.77 bits per heavy atom. The number of hydrogen-bond acceptors (Lipinski definition) is 6. The van der Waals surface area contributed by atoms with Crippen molar-refractivity contribution in [3.8, 4) is 0 Å². The van der Waals surface area contributed by atoms with Crippen LogP contribution in [0.4, 0.5) is 5.69 Å². The Balaban J connectivity index is 1.30. The largest absolute Gasteiger partial charge is 0.364 e. The number of pyridine rings is 1. The second kappa shape index (κ2) is 8.45. The molecule has 4 heterocycles. The maximum Gasteiger partial charge on any atom is 0.252 e. The minimum absolute atomic E-state index is 0.0218. The Hall–Kier alpha value is -3.26. The van der Waals surface area contributed by atoms with Crippen molar-refractivity contribution < 1.29 is 0 Å². The zero-order valence-corrected chi connectivity index (χ0v) is 20.9. The van der Waals surface area contributed by atoms with Gasteiger partial charge in [-0.15, -0.1) is 0 Å². The summed E-state index contributed by atoms with van der Waals surface area (Å²) in [6, 6.07) is 9.45. The molecule has 35 heavy (non-hydrogen) atoms. The van der Waals surface area contributed by atoms with Crippen molar-refractivity contribution in [3.63, 3.8) is 0 Å². The Kier molecular flexibility index (Phi) is 5.36. The van der Waals surface area contributed by atoms with Crippen LogP contribution in [-0.2, 0) is 7.05 Å². The topological polar surface area (TPSA) is 72.1 Å². The third-order valence-corrected chi connectivity index (χ3v) is 8.17. The van der Waals surface area contributed by atoms with E-state index in [0.717, 1.165) is 40.8 Å². The predicted molar refractivity (Wildman–Crippen MR) is 139 cm³/mol. The summed E-state index contributed by atoms with van der Waals surface area (Å²) in [4.78, 5) is 26.7. The van der Waals surface area contributed by atoms with Gasteiger partial charge in [-0.3, -0.25) is 24.3 Å². The van der Waals surface area contributed by atoms with Gasteiger partial charge in [0.2, 0.25) is 0 Å². The summed E-state index contributed by atoms with van der Waals surface area (Å²) in [6.07, 6.45) is 9.14. The number of nitrogens with zero attached hydrogens (tertiary/aromatic N) is 7. The Bertz CT molecular complexity index is 1450. The molecule has 2 aliphatic rings. The summed E-state index contributed by atoms with van der Waals surface area (Å²) < 4.78 is 3.82. The number of aromatic nitrogens is 5. The molecule has 6 rings (SSSR count). The van der Waals surface area contributed by atoms with Crippen LogP contribution in [0.2, 0.25) is 0 Å². The molecular formula is C27H33N7O. The van der Waals surface area contributed by atoms with Crippen molar-refractivity contribution in [2.24, 2.45) is 7.05 Å². The van der Waals surface area contributed by atoms with Gasteiger partial charge in [-0.2, -0.15) is 5.10 Å². The first-order valence-corrected chi connectivity index (χ1v) is 12.7. The van der Waals surface area contributed by atoms with Crippen LogP contribution in [-0.4, -0.2) is 54.4 Å². The molecule has 1 unspecified atom stereocenters. The van der Waals surface area contributed by atoms with Crippen LogP contribution in [0.3, 0.4) is 0 Å². The van der Waals surface area contributed by atoms with Crippen LogP contribution in [0.25, 0.3) is 22.1 Å². The molecule has 0 radical (unpaired) electrons. The van der Waals surface area contributed by atoms with E-state index in [0.29, 0.717) is 12.1 Å². The van der Waals surface area contributed by atoms with Gasteiger partial charge < -0.3 is 9.47 Å². The molecule has 0 N–H and O–H groups in total. The van der Waals surface area contributed by atoms with E-state index in [4.69, 9.17) is 5.10 Å². The van der Waals surface area contributed by atoms with E-state index in [1.807, 2.05) is 7.05 Å². The standard InChI is InChI=1S/C27H33N7O/c1-17-15-33(24-13-26(35)31(4)25-16-34(30-27(24)25)21-6-5-7-21)18(2)14-32(17)19(3)20-8-9-22-23(12-20)29-11-10-28-22/h8-13,16-19,21H,5-7,14-15H2,1-4H3/t17-,18+,19?/m1/s1. The molecule has 0 bridgehead atoms. The second-order valence-corrected chi connectivity index (χ2v) is 10.4.